The predicted molar refractivity (Wildman–Crippen MR) is 134 cm³/mol. The monoisotopic (exact) mass is 495 g/mol. The zero-order valence-corrected chi connectivity index (χ0v) is 20.6. The van der Waals surface area contributed by atoms with Crippen molar-refractivity contribution in [2.75, 3.05) is 7.11 Å². The summed E-state index contributed by atoms with van der Waals surface area (Å²) in [6, 6.07) is 18.1. The minimum Gasteiger partial charge on any atom is -0.487 e. The second kappa shape index (κ2) is 10.5. The van der Waals surface area contributed by atoms with E-state index < -0.39 is 11.8 Å². The highest BCUT2D eigenvalue weighted by Gasteiger charge is 2.24. The number of rotatable bonds is 7. The van der Waals surface area contributed by atoms with Gasteiger partial charge in [-0.25, -0.2) is 14.2 Å². The molecule has 0 amide bonds. The van der Waals surface area contributed by atoms with Gasteiger partial charge in [-0.15, -0.1) is 11.8 Å². The van der Waals surface area contributed by atoms with Gasteiger partial charge in [0.2, 0.25) is 0 Å². The first-order valence-electron chi connectivity index (χ1n) is 10.6. The molecule has 0 aliphatic carbocycles. The number of hydrogen-bond acceptors (Lipinski definition) is 5. The van der Waals surface area contributed by atoms with Crippen LogP contribution >= 0.6 is 23.4 Å². The van der Waals surface area contributed by atoms with Crippen molar-refractivity contribution in [3.63, 3.8) is 0 Å². The summed E-state index contributed by atoms with van der Waals surface area (Å²) in [5.41, 5.74) is 4.58. The average molecular weight is 496 g/mol. The van der Waals surface area contributed by atoms with Gasteiger partial charge in [0.25, 0.3) is 0 Å². The molecule has 0 fully saturated rings. The molecular formula is C27H23ClFNO3S. The molecule has 0 saturated heterocycles. The summed E-state index contributed by atoms with van der Waals surface area (Å²) in [6.07, 6.45) is 0. The van der Waals surface area contributed by atoms with Gasteiger partial charge in [0, 0.05) is 16.7 Å². The number of methoxy groups -OCH3 is 1. The number of benzene rings is 3. The minimum atomic E-state index is -0.573. The van der Waals surface area contributed by atoms with Crippen molar-refractivity contribution in [2.45, 2.75) is 31.2 Å². The molecule has 0 aliphatic rings. The summed E-state index contributed by atoms with van der Waals surface area (Å²) in [5, 5.41) is 1.37. The highest BCUT2D eigenvalue weighted by atomic mass is 35.5. The van der Waals surface area contributed by atoms with Crippen molar-refractivity contribution in [1.82, 2.24) is 4.98 Å². The van der Waals surface area contributed by atoms with Crippen LogP contribution in [-0.4, -0.2) is 18.1 Å². The fourth-order valence-corrected chi connectivity index (χ4v) is 4.98. The van der Waals surface area contributed by atoms with E-state index >= 15 is 0 Å². The number of halogens is 2. The van der Waals surface area contributed by atoms with Gasteiger partial charge in [-0.2, -0.15) is 0 Å². The third-order valence-corrected chi connectivity index (χ3v) is 6.86. The quantitative estimate of drug-likeness (QED) is 0.199. The number of carbonyl (C=O) groups is 1. The van der Waals surface area contributed by atoms with Gasteiger partial charge in [-0.05, 0) is 49.2 Å². The number of hydrogen-bond donors (Lipinski definition) is 0. The molecule has 174 valence electrons. The fourth-order valence-electron chi connectivity index (χ4n) is 3.67. The van der Waals surface area contributed by atoms with E-state index in [9.17, 15) is 9.18 Å². The van der Waals surface area contributed by atoms with Crippen molar-refractivity contribution in [3.05, 3.63) is 99.3 Å². The summed E-state index contributed by atoms with van der Waals surface area (Å²) in [5.74, 6) is -0.147. The van der Waals surface area contributed by atoms with Crippen LogP contribution in [0, 0.1) is 19.7 Å². The SMILES string of the molecule is COC(=O)c1c(SCc2ccc(C)cc2C)nc2ccccc2c1OCc1c(F)cccc1Cl. The van der Waals surface area contributed by atoms with E-state index in [-0.39, 0.29) is 22.8 Å². The Morgan fingerprint density at radius 1 is 1.09 bits per heavy atom. The van der Waals surface area contributed by atoms with Crippen LogP contribution in [0.3, 0.4) is 0 Å². The molecule has 1 aromatic heterocycles. The number of ether oxygens (including phenoxy) is 2. The third kappa shape index (κ3) is 5.03. The Bertz CT molecular complexity index is 1360. The predicted octanol–water partition coefficient (Wildman–Crippen LogP) is 7.30. The Hall–Kier alpha value is -3.09. The first-order valence-corrected chi connectivity index (χ1v) is 12.0. The van der Waals surface area contributed by atoms with Gasteiger partial charge in [0.15, 0.2) is 0 Å². The van der Waals surface area contributed by atoms with E-state index in [0.717, 1.165) is 5.56 Å². The van der Waals surface area contributed by atoms with Crippen molar-refractivity contribution >= 4 is 40.2 Å². The molecule has 4 nitrogen and oxygen atoms in total. The standard InChI is InChI=1S/C27H23ClFNO3S/c1-16-11-12-18(17(2)13-16)15-34-26-24(27(31)32-3)25(19-7-4-5-10-23(19)30-26)33-14-20-21(28)8-6-9-22(20)29/h4-13H,14-15H2,1-3H3. The molecule has 4 rings (SSSR count). The molecule has 0 N–H and O–H groups in total. The molecule has 1 heterocycles. The Morgan fingerprint density at radius 2 is 1.88 bits per heavy atom. The van der Waals surface area contributed by atoms with Crippen LogP contribution in [0.15, 0.2) is 65.7 Å². The highest BCUT2D eigenvalue weighted by molar-refractivity contribution is 7.98. The lowest BCUT2D eigenvalue weighted by Crippen LogP contribution is -2.10. The van der Waals surface area contributed by atoms with Gasteiger partial charge < -0.3 is 9.47 Å². The number of fused-ring (bicyclic) bond motifs is 1. The number of para-hydroxylation sites is 1. The Labute approximate surface area is 207 Å². The zero-order chi connectivity index (χ0) is 24.2. The molecule has 0 unspecified atom stereocenters. The van der Waals surface area contributed by atoms with E-state index in [0.29, 0.717) is 27.4 Å². The smallest absolute Gasteiger partial charge is 0.344 e. The van der Waals surface area contributed by atoms with Crippen LogP contribution in [0.2, 0.25) is 5.02 Å². The topological polar surface area (TPSA) is 48.4 Å². The van der Waals surface area contributed by atoms with E-state index in [1.807, 2.05) is 24.3 Å². The Kier molecular flexibility index (Phi) is 7.39. The number of pyridine rings is 1. The van der Waals surface area contributed by atoms with Crippen molar-refractivity contribution in [3.8, 4) is 5.75 Å². The first kappa shape index (κ1) is 24.0. The van der Waals surface area contributed by atoms with Crippen molar-refractivity contribution in [1.29, 1.82) is 0 Å². The van der Waals surface area contributed by atoms with Crippen LogP contribution < -0.4 is 4.74 Å². The van der Waals surface area contributed by atoms with Gasteiger partial charge >= 0.3 is 5.97 Å². The number of nitrogens with zero attached hydrogens (tertiary/aromatic N) is 1. The molecule has 0 saturated carbocycles. The molecule has 0 bridgehead atoms. The molecule has 4 aromatic rings. The summed E-state index contributed by atoms with van der Waals surface area (Å²) in [7, 11) is 1.31. The van der Waals surface area contributed by atoms with E-state index in [1.54, 1.807) is 6.07 Å². The van der Waals surface area contributed by atoms with E-state index in [4.69, 9.17) is 26.1 Å². The first-order chi connectivity index (χ1) is 16.4. The van der Waals surface area contributed by atoms with Crippen LogP contribution in [-0.2, 0) is 17.1 Å². The van der Waals surface area contributed by atoms with E-state index in [2.05, 4.69) is 32.0 Å². The number of carbonyl (C=O) groups excluding carboxylic acids is 1. The number of thioether (sulfide) groups is 1. The highest BCUT2D eigenvalue weighted by Crippen LogP contribution is 2.38. The minimum absolute atomic E-state index is 0.148. The normalized spacial score (nSPS) is 11.0. The summed E-state index contributed by atoms with van der Waals surface area (Å²) in [4.78, 5) is 17.7. The maximum absolute atomic E-state index is 14.4. The summed E-state index contributed by atoms with van der Waals surface area (Å²) in [6.45, 7) is 3.96. The van der Waals surface area contributed by atoms with Gasteiger partial charge in [0.1, 0.15) is 28.8 Å². The second-order valence-electron chi connectivity index (χ2n) is 7.84. The van der Waals surface area contributed by atoms with Gasteiger partial charge in [0.05, 0.1) is 17.6 Å². The Morgan fingerprint density at radius 3 is 2.62 bits per heavy atom. The number of esters is 1. The molecule has 34 heavy (non-hydrogen) atoms. The van der Waals surface area contributed by atoms with Crippen LogP contribution in [0.25, 0.3) is 10.9 Å². The van der Waals surface area contributed by atoms with Gasteiger partial charge in [-0.3, -0.25) is 0 Å². The molecule has 0 aliphatic heterocycles. The lowest BCUT2D eigenvalue weighted by Gasteiger charge is -2.17. The lowest BCUT2D eigenvalue weighted by molar-refractivity contribution is 0.0590. The van der Waals surface area contributed by atoms with Crippen molar-refractivity contribution < 1.29 is 18.7 Å². The maximum Gasteiger partial charge on any atom is 0.344 e. The lowest BCUT2D eigenvalue weighted by atomic mass is 10.1. The summed E-state index contributed by atoms with van der Waals surface area (Å²) >= 11 is 7.62. The number of aromatic nitrogens is 1. The van der Waals surface area contributed by atoms with E-state index in [1.165, 1.54) is 42.1 Å². The van der Waals surface area contributed by atoms with Crippen LogP contribution in [0.4, 0.5) is 4.39 Å². The molecule has 0 radical (unpaired) electrons. The number of aryl methyl sites for hydroxylation is 2. The fraction of sp³-hybridized carbons (Fsp3) is 0.185. The van der Waals surface area contributed by atoms with Gasteiger partial charge in [-0.1, -0.05) is 53.6 Å². The molecule has 0 atom stereocenters. The molecular weight excluding hydrogens is 473 g/mol. The van der Waals surface area contributed by atoms with Crippen molar-refractivity contribution in [2.24, 2.45) is 0 Å². The Balaban J connectivity index is 1.78. The zero-order valence-electron chi connectivity index (χ0n) is 19.0. The summed E-state index contributed by atoms with van der Waals surface area (Å²) < 4.78 is 25.5. The maximum atomic E-state index is 14.4. The average Bonchev–Trinajstić information content (AvgIpc) is 2.82. The molecule has 0 spiro atoms. The molecule has 3 aromatic carbocycles. The second-order valence-corrected chi connectivity index (χ2v) is 9.21. The van der Waals surface area contributed by atoms with Crippen LogP contribution in [0.1, 0.15) is 32.6 Å². The largest absolute Gasteiger partial charge is 0.487 e. The third-order valence-electron chi connectivity index (χ3n) is 5.49. The van der Waals surface area contributed by atoms with Crippen LogP contribution in [0.5, 0.6) is 5.75 Å². The molecule has 7 heteroatoms.